The van der Waals surface area contributed by atoms with Crippen LogP contribution < -0.4 is 5.32 Å². The van der Waals surface area contributed by atoms with E-state index in [1.54, 1.807) is 25.4 Å². The molecular formula is C14H17N3O2S. The molecule has 2 aromatic rings. The molecule has 0 bridgehead atoms. The Bertz CT molecular complexity index is 589. The number of nitrogens with one attached hydrogen (secondary N) is 1. The van der Waals surface area contributed by atoms with Crippen molar-refractivity contribution in [3.63, 3.8) is 0 Å². The van der Waals surface area contributed by atoms with Gasteiger partial charge in [-0.05, 0) is 12.1 Å². The van der Waals surface area contributed by atoms with Crippen LogP contribution in [-0.2, 0) is 16.0 Å². The number of fused-ring (bicyclic) bond motifs is 1. The van der Waals surface area contributed by atoms with Crippen LogP contribution in [0.25, 0.3) is 10.2 Å². The highest BCUT2D eigenvalue weighted by molar-refractivity contribution is 7.18. The quantitative estimate of drug-likeness (QED) is 0.906. The lowest BCUT2D eigenvalue weighted by Crippen LogP contribution is -2.36. The molecule has 1 aromatic heterocycles. The summed E-state index contributed by atoms with van der Waals surface area (Å²) in [7, 11) is 3.32. The first-order valence-electron chi connectivity index (χ1n) is 6.37. The third kappa shape index (κ3) is 3.77. The van der Waals surface area contributed by atoms with Gasteiger partial charge in [-0.15, -0.1) is 11.3 Å². The Balaban J connectivity index is 1.82. The second-order valence-corrected chi connectivity index (χ2v) is 5.76. The van der Waals surface area contributed by atoms with Gasteiger partial charge in [-0.3, -0.25) is 9.59 Å². The number of para-hydroxylation sites is 1. The number of thiazole rings is 1. The van der Waals surface area contributed by atoms with E-state index < -0.39 is 0 Å². The topological polar surface area (TPSA) is 62.3 Å². The van der Waals surface area contributed by atoms with Gasteiger partial charge in [0, 0.05) is 26.9 Å². The van der Waals surface area contributed by atoms with E-state index in [4.69, 9.17) is 0 Å². The van der Waals surface area contributed by atoms with Crippen molar-refractivity contribution < 1.29 is 9.59 Å². The number of amides is 2. The minimum Gasteiger partial charge on any atom is -0.347 e. The molecule has 2 rings (SSSR count). The van der Waals surface area contributed by atoms with Crippen LogP contribution in [0.1, 0.15) is 11.4 Å². The summed E-state index contributed by atoms with van der Waals surface area (Å²) in [6, 6.07) is 7.91. The average molecular weight is 291 g/mol. The maximum atomic E-state index is 11.7. The van der Waals surface area contributed by atoms with Crippen LogP contribution >= 0.6 is 11.3 Å². The molecule has 0 aliphatic rings. The Labute approximate surface area is 121 Å². The molecule has 2 amide bonds. The van der Waals surface area contributed by atoms with E-state index in [2.05, 4.69) is 10.3 Å². The van der Waals surface area contributed by atoms with Crippen molar-refractivity contribution >= 4 is 33.4 Å². The lowest BCUT2D eigenvalue weighted by Gasteiger charge is -2.10. The molecule has 106 valence electrons. The van der Waals surface area contributed by atoms with E-state index in [-0.39, 0.29) is 18.4 Å². The second kappa shape index (κ2) is 6.47. The van der Waals surface area contributed by atoms with Crippen molar-refractivity contribution in [3.05, 3.63) is 29.3 Å². The van der Waals surface area contributed by atoms with Gasteiger partial charge in [0.1, 0.15) is 0 Å². The van der Waals surface area contributed by atoms with Gasteiger partial charge < -0.3 is 10.2 Å². The monoisotopic (exact) mass is 291 g/mol. The van der Waals surface area contributed by atoms with Gasteiger partial charge in [0.05, 0.1) is 21.8 Å². The molecule has 0 aliphatic carbocycles. The summed E-state index contributed by atoms with van der Waals surface area (Å²) in [6.07, 6.45) is 0.946. The summed E-state index contributed by atoms with van der Waals surface area (Å²) in [5.74, 6) is -0.238. The van der Waals surface area contributed by atoms with E-state index in [1.807, 2.05) is 24.3 Å². The summed E-state index contributed by atoms with van der Waals surface area (Å²) in [6.45, 7) is 0.0473. The number of likely N-dealkylation sites (N-methyl/N-ethyl adjacent to an activating group) is 1. The molecule has 0 aliphatic heterocycles. The predicted octanol–water partition coefficient (Wildman–Crippen LogP) is 1.43. The Morgan fingerprint density at radius 3 is 2.75 bits per heavy atom. The minimum atomic E-state index is -0.126. The normalized spacial score (nSPS) is 10.5. The Morgan fingerprint density at radius 1 is 1.30 bits per heavy atom. The summed E-state index contributed by atoms with van der Waals surface area (Å²) < 4.78 is 1.13. The Kier molecular flexibility index (Phi) is 4.68. The van der Waals surface area contributed by atoms with Crippen molar-refractivity contribution in [3.8, 4) is 0 Å². The lowest BCUT2D eigenvalue weighted by molar-refractivity contribution is -0.130. The van der Waals surface area contributed by atoms with Gasteiger partial charge >= 0.3 is 0 Å². The van der Waals surface area contributed by atoms with Crippen LogP contribution in [-0.4, -0.2) is 42.3 Å². The molecule has 6 heteroatoms. The fourth-order valence-electron chi connectivity index (χ4n) is 1.67. The Morgan fingerprint density at radius 2 is 2.05 bits per heavy atom. The van der Waals surface area contributed by atoms with Crippen LogP contribution in [0.2, 0.25) is 0 Å². The molecule has 0 radical (unpaired) electrons. The van der Waals surface area contributed by atoms with E-state index in [0.29, 0.717) is 12.8 Å². The third-order valence-corrected chi connectivity index (χ3v) is 3.94. The van der Waals surface area contributed by atoms with Crippen LogP contribution in [0.4, 0.5) is 0 Å². The molecule has 0 saturated heterocycles. The number of carbonyl (C=O) groups is 2. The first-order valence-corrected chi connectivity index (χ1v) is 7.19. The first-order chi connectivity index (χ1) is 9.56. The van der Waals surface area contributed by atoms with E-state index in [9.17, 15) is 9.59 Å². The highest BCUT2D eigenvalue weighted by atomic mass is 32.1. The number of hydrogen-bond acceptors (Lipinski definition) is 4. The SMILES string of the molecule is CN(C)C(=O)CNC(=O)CCc1nc2ccccc2s1. The molecule has 20 heavy (non-hydrogen) atoms. The highest BCUT2D eigenvalue weighted by Crippen LogP contribution is 2.22. The van der Waals surface area contributed by atoms with Gasteiger partial charge in [0.2, 0.25) is 11.8 Å². The molecule has 5 nitrogen and oxygen atoms in total. The summed E-state index contributed by atoms with van der Waals surface area (Å²) in [5, 5.41) is 3.56. The Hall–Kier alpha value is -1.95. The maximum absolute atomic E-state index is 11.7. The van der Waals surface area contributed by atoms with Crippen LogP contribution in [0.5, 0.6) is 0 Å². The summed E-state index contributed by atoms with van der Waals surface area (Å²) in [4.78, 5) is 28.9. The van der Waals surface area contributed by atoms with Crippen LogP contribution in [0, 0.1) is 0 Å². The zero-order valence-electron chi connectivity index (χ0n) is 11.5. The van der Waals surface area contributed by atoms with Gasteiger partial charge in [0.25, 0.3) is 0 Å². The largest absolute Gasteiger partial charge is 0.347 e. The number of aryl methyl sites for hydroxylation is 1. The number of nitrogens with zero attached hydrogens (tertiary/aromatic N) is 2. The average Bonchev–Trinajstić information content (AvgIpc) is 2.85. The van der Waals surface area contributed by atoms with E-state index in [0.717, 1.165) is 15.2 Å². The molecule has 0 unspecified atom stereocenters. The van der Waals surface area contributed by atoms with Crippen molar-refractivity contribution in [2.24, 2.45) is 0 Å². The van der Waals surface area contributed by atoms with Gasteiger partial charge in [-0.25, -0.2) is 4.98 Å². The standard InChI is InChI=1S/C14H17N3O2S/c1-17(2)14(19)9-15-12(18)7-8-13-16-10-5-3-4-6-11(10)20-13/h3-6H,7-9H2,1-2H3,(H,15,18). The third-order valence-electron chi connectivity index (χ3n) is 2.84. The molecule has 0 atom stereocenters. The highest BCUT2D eigenvalue weighted by Gasteiger charge is 2.09. The summed E-state index contributed by atoms with van der Waals surface area (Å²) in [5.41, 5.74) is 0.968. The number of carbonyl (C=O) groups excluding carboxylic acids is 2. The first kappa shape index (κ1) is 14.5. The number of rotatable bonds is 5. The zero-order valence-corrected chi connectivity index (χ0v) is 12.4. The number of hydrogen-bond donors (Lipinski definition) is 1. The molecule has 1 aromatic carbocycles. The fourth-order valence-corrected chi connectivity index (χ4v) is 2.63. The molecule has 1 heterocycles. The van der Waals surface area contributed by atoms with Gasteiger partial charge in [-0.1, -0.05) is 12.1 Å². The van der Waals surface area contributed by atoms with E-state index in [1.165, 1.54) is 4.90 Å². The van der Waals surface area contributed by atoms with Crippen molar-refractivity contribution in [2.75, 3.05) is 20.6 Å². The summed E-state index contributed by atoms with van der Waals surface area (Å²) >= 11 is 1.60. The molecule has 0 spiro atoms. The minimum absolute atomic E-state index is 0.0473. The van der Waals surface area contributed by atoms with Crippen molar-refractivity contribution in [1.82, 2.24) is 15.2 Å². The molecule has 0 saturated carbocycles. The van der Waals surface area contributed by atoms with Gasteiger partial charge in [-0.2, -0.15) is 0 Å². The molecule has 1 N–H and O–H groups in total. The maximum Gasteiger partial charge on any atom is 0.241 e. The number of aromatic nitrogens is 1. The smallest absolute Gasteiger partial charge is 0.241 e. The van der Waals surface area contributed by atoms with Gasteiger partial charge in [0.15, 0.2) is 0 Å². The molecule has 0 fully saturated rings. The fraction of sp³-hybridized carbons (Fsp3) is 0.357. The second-order valence-electron chi connectivity index (χ2n) is 4.64. The van der Waals surface area contributed by atoms with Crippen LogP contribution in [0.15, 0.2) is 24.3 Å². The zero-order chi connectivity index (χ0) is 14.5. The van der Waals surface area contributed by atoms with Crippen molar-refractivity contribution in [2.45, 2.75) is 12.8 Å². The molecular weight excluding hydrogens is 274 g/mol. The van der Waals surface area contributed by atoms with E-state index >= 15 is 0 Å². The predicted molar refractivity (Wildman–Crippen MR) is 79.6 cm³/mol. The van der Waals surface area contributed by atoms with Crippen molar-refractivity contribution in [1.29, 1.82) is 0 Å². The number of benzene rings is 1. The lowest BCUT2D eigenvalue weighted by atomic mass is 10.3. The van der Waals surface area contributed by atoms with Crippen LogP contribution in [0.3, 0.4) is 0 Å².